The number of fused-ring (bicyclic) bond motifs is 1. The molecular weight excluding hydrogens is 190 g/mol. The highest BCUT2D eigenvalue weighted by atomic mass is 19.1. The van der Waals surface area contributed by atoms with Gasteiger partial charge < -0.3 is 10.2 Å². The second-order valence-electron chi connectivity index (χ2n) is 2.88. The summed E-state index contributed by atoms with van der Waals surface area (Å²) in [6.45, 7) is 0.358. The van der Waals surface area contributed by atoms with Crippen molar-refractivity contribution in [2.24, 2.45) is 5.73 Å². The number of halogens is 2. The minimum absolute atomic E-state index is 0.0187. The highest BCUT2D eigenvalue weighted by Gasteiger charge is 2.11. The van der Waals surface area contributed by atoms with Crippen LogP contribution >= 0.6 is 0 Å². The van der Waals surface area contributed by atoms with Gasteiger partial charge in [-0.05, 0) is 0 Å². The van der Waals surface area contributed by atoms with Crippen LogP contribution in [0.2, 0.25) is 0 Å². The fourth-order valence-electron chi connectivity index (χ4n) is 1.24. The number of hydrogen-bond donors (Lipinski definition) is 1. The lowest BCUT2D eigenvalue weighted by molar-refractivity contribution is 0.503. The number of benzene rings is 1. The molecular formula is C9H8F2N2O. The van der Waals surface area contributed by atoms with E-state index in [0.29, 0.717) is 18.9 Å². The maximum Gasteiger partial charge on any atom is 0.196 e. The van der Waals surface area contributed by atoms with Crippen molar-refractivity contribution in [3.8, 4) is 0 Å². The van der Waals surface area contributed by atoms with Crippen molar-refractivity contribution >= 4 is 11.1 Å². The topological polar surface area (TPSA) is 52.0 Å². The van der Waals surface area contributed by atoms with Crippen molar-refractivity contribution in [1.29, 1.82) is 0 Å². The van der Waals surface area contributed by atoms with Gasteiger partial charge in [0.25, 0.3) is 0 Å². The Labute approximate surface area is 78.5 Å². The number of hydrogen-bond acceptors (Lipinski definition) is 3. The van der Waals surface area contributed by atoms with Gasteiger partial charge in [0.2, 0.25) is 0 Å². The molecule has 3 nitrogen and oxygen atoms in total. The number of aromatic nitrogens is 1. The minimum Gasteiger partial charge on any atom is -0.438 e. The van der Waals surface area contributed by atoms with Crippen molar-refractivity contribution in [2.75, 3.05) is 6.54 Å². The van der Waals surface area contributed by atoms with Crippen LogP contribution in [0.5, 0.6) is 0 Å². The molecule has 0 fully saturated rings. The van der Waals surface area contributed by atoms with Crippen LogP contribution < -0.4 is 5.73 Å². The van der Waals surface area contributed by atoms with Gasteiger partial charge in [-0.3, -0.25) is 0 Å². The van der Waals surface area contributed by atoms with E-state index in [1.807, 2.05) is 0 Å². The van der Waals surface area contributed by atoms with Gasteiger partial charge in [0.15, 0.2) is 17.3 Å². The van der Waals surface area contributed by atoms with Gasteiger partial charge in [-0.15, -0.1) is 0 Å². The van der Waals surface area contributed by atoms with Crippen molar-refractivity contribution in [2.45, 2.75) is 6.42 Å². The molecule has 0 spiro atoms. The first-order valence-corrected chi connectivity index (χ1v) is 4.15. The van der Waals surface area contributed by atoms with Gasteiger partial charge in [0, 0.05) is 25.1 Å². The van der Waals surface area contributed by atoms with Crippen LogP contribution in [-0.4, -0.2) is 11.5 Å². The van der Waals surface area contributed by atoms with E-state index in [0.717, 1.165) is 12.1 Å². The second kappa shape index (κ2) is 3.34. The Kier molecular flexibility index (Phi) is 2.17. The molecule has 0 unspecified atom stereocenters. The molecule has 2 aromatic rings. The molecule has 0 aliphatic heterocycles. The average molecular weight is 198 g/mol. The zero-order valence-electron chi connectivity index (χ0n) is 7.26. The first-order valence-electron chi connectivity index (χ1n) is 4.15. The maximum absolute atomic E-state index is 13.1. The van der Waals surface area contributed by atoms with Crippen LogP contribution in [0.25, 0.3) is 11.1 Å². The van der Waals surface area contributed by atoms with E-state index in [4.69, 9.17) is 10.2 Å². The number of nitrogens with zero attached hydrogens (tertiary/aromatic N) is 1. The lowest BCUT2D eigenvalue weighted by atomic mass is 10.3. The molecule has 0 saturated heterocycles. The third-order valence-corrected chi connectivity index (χ3v) is 1.81. The molecule has 0 amide bonds. The molecule has 5 heteroatoms. The molecule has 74 valence electrons. The molecule has 0 bridgehead atoms. The van der Waals surface area contributed by atoms with Gasteiger partial charge in [0.05, 0.1) is 0 Å². The minimum atomic E-state index is -0.740. The summed E-state index contributed by atoms with van der Waals surface area (Å²) in [6, 6.07) is 1.89. The van der Waals surface area contributed by atoms with Gasteiger partial charge in [0.1, 0.15) is 11.3 Å². The largest absolute Gasteiger partial charge is 0.438 e. The predicted molar refractivity (Wildman–Crippen MR) is 46.7 cm³/mol. The molecule has 1 heterocycles. The van der Waals surface area contributed by atoms with Crippen LogP contribution in [0.3, 0.4) is 0 Å². The number of nitrogens with two attached hydrogens (primary N) is 1. The van der Waals surface area contributed by atoms with Gasteiger partial charge in [-0.25, -0.2) is 13.8 Å². The smallest absolute Gasteiger partial charge is 0.196 e. The summed E-state index contributed by atoms with van der Waals surface area (Å²) in [5.74, 6) is -1.08. The molecule has 0 aliphatic rings. The summed E-state index contributed by atoms with van der Waals surface area (Å²) in [5.41, 5.74) is 5.45. The second-order valence-corrected chi connectivity index (χ2v) is 2.88. The van der Waals surface area contributed by atoms with Gasteiger partial charge >= 0.3 is 0 Å². The van der Waals surface area contributed by atoms with Crippen molar-refractivity contribution in [3.05, 3.63) is 29.7 Å². The van der Waals surface area contributed by atoms with Crippen LogP contribution in [0, 0.1) is 11.6 Å². The van der Waals surface area contributed by atoms with Crippen LogP contribution in [0.4, 0.5) is 8.78 Å². The first-order chi connectivity index (χ1) is 6.70. The van der Waals surface area contributed by atoms with Crippen molar-refractivity contribution in [3.63, 3.8) is 0 Å². The van der Waals surface area contributed by atoms with Crippen LogP contribution in [0.15, 0.2) is 16.5 Å². The Morgan fingerprint density at radius 1 is 1.36 bits per heavy atom. The average Bonchev–Trinajstić information content (AvgIpc) is 2.48. The third-order valence-electron chi connectivity index (χ3n) is 1.81. The Morgan fingerprint density at radius 2 is 2.14 bits per heavy atom. The van der Waals surface area contributed by atoms with E-state index in [1.165, 1.54) is 0 Å². The fourth-order valence-corrected chi connectivity index (χ4v) is 1.24. The van der Waals surface area contributed by atoms with E-state index >= 15 is 0 Å². The predicted octanol–water partition coefficient (Wildman–Crippen LogP) is 1.61. The Hall–Kier alpha value is -1.49. The lowest BCUT2D eigenvalue weighted by Crippen LogP contribution is -2.02. The third kappa shape index (κ3) is 1.46. The lowest BCUT2D eigenvalue weighted by Gasteiger charge is -1.89. The summed E-state index contributed by atoms with van der Waals surface area (Å²) in [6.07, 6.45) is 0.412. The molecule has 0 radical (unpaired) electrons. The summed E-state index contributed by atoms with van der Waals surface area (Å²) < 4.78 is 30.9. The van der Waals surface area contributed by atoms with E-state index in [-0.39, 0.29) is 11.1 Å². The monoisotopic (exact) mass is 198 g/mol. The van der Waals surface area contributed by atoms with Crippen molar-refractivity contribution < 1.29 is 13.2 Å². The summed E-state index contributed by atoms with van der Waals surface area (Å²) >= 11 is 0. The van der Waals surface area contributed by atoms with E-state index in [9.17, 15) is 8.78 Å². The zero-order chi connectivity index (χ0) is 10.1. The van der Waals surface area contributed by atoms with Crippen molar-refractivity contribution in [1.82, 2.24) is 4.98 Å². The highest BCUT2D eigenvalue weighted by molar-refractivity contribution is 5.73. The molecule has 14 heavy (non-hydrogen) atoms. The molecule has 2 N–H and O–H groups in total. The molecule has 0 aliphatic carbocycles. The highest BCUT2D eigenvalue weighted by Crippen LogP contribution is 2.20. The molecule has 0 saturated carbocycles. The Bertz CT molecular complexity index is 467. The van der Waals surface area contributed by atoms with Gasteiger partial charge in [-0.1, -0.05) is 0 Å². The summed E-state index contributed by atoms with van der Waals surface area (Å²) in [4.78, 5) is 3.90. The van der Waals surface area contributed by atoms with Crippen LogP contribution in [-0.2, 0) is 6.42 Å². The Morgan fingerprint density at radius 3 is 2.86 bits per heavy atom. The normalized spacial score (nSPS) is 11.1. The molecule has 1 aromatic carbocycles. The van der Waals surface area contributed by atoms with E-state index in [2.05, 4.69) is 4.98 Å². The number of rotatable bonds is 2. The number of oxazole rings is 1. The molecule has 0 atom stereocenters. The maximum atomic E-state index is 13.1. The Balaban J connectivity index is 2.58. The first kappa shape index (κ1) is 9.08. The quantitative estimate of drug-likeness (QED) is 0.797. The van der Waals surface area contributed by atoms with Gasteiger partial charge in [-0.2, -0.15) is 0 Å². The molecule has 2 rings (SSSR count). The summed E-state index contributed by atoms with van der Waals surface area (Å²) in [5, 5.41) is 0. The SMILES string of the molecule is NCCc1nc2cc(F)cc(F)c2o1. The summed E-state index contributed by atoms with van der Waals surface area (Å²) in [7, 11) is 0. The zero-order valence-corrected chi connectivity index (χ0v) is 7.26. The fraction of sp³-hybridized carbons (Fsp3) is 0.222. The van der Waals surface area contributed by atoms with Crippen LogP contribution in [0.1, 0.15) is 5.89 Å². The van der Waals surface area contributed by atoms with E-state index < -0.39 is 11.6 Å². The van der Waals surface area contributed by atoms with E-state index in [1.54, 1.807) is 0 Å². The molecule has 1 aromatic heterocycles. The standard InChI is InChI=1S/C9H8F2N2O/c10-5-3-6(11)9-7(4-5)13-8(14-9)1-2-12/h3-4H,1-2,12H2.